The van der Waals surface area contributed by atoms with Crippen LogP contribution in [0.25, 0.3) is 11.0 Å². The van der Waals surface area contributed by atoms with Crippen LogP contribution in [-0.2, 0) is 6.42 Å². The SMILES string of the molecule is Cc1ccc2oc(CCNC(C)C)cc2c1. The van der Waals surface area contributed by atoms with Crippen molar-refractivity contribution in [1.82, 2.24) is 5.32 Å². The molecule has 2 heteroatoms. The molecule has 0 unspecified atom stereocenters. The average Bonchev–Trinajstić information content (AvgIpc) is 2.58. The zero-order valence-corrected chi connectivity index (χ0v) is 10.2. The van der Waals surface area contributed by atoms with Gasteiger partial charge < -0.3 is 9.73 Å². The zero-order valence-electron chi connectivity index (χ0n) is 10.2. The van der Waals surface area contributed by atoms with Crippen LogP contribution in [0.15, 0.2) is 28.7 Å². The molecule has 1 N–H and O–H groups in total. The van der Waals surface area contributed by atoms with Gasteiger partial charge in [0.1, 0.15) is 11.3 Å². The summed E-state index contributed by atoms with van der Waals surface area (Å²) < 4.78 is 5.76. The summed E-state index contributed by atoms with van der Waals surface area (Å²) in [6.07, 6.45) is 0.950. The Kier molecular flexibility index (Phi) is 3.30. The van der Waals surface area contributed by atoms with Crippen molar-refractivity contribution in [3.8, 4) is 0 Å². The first kappa shape index (κ1) is 11.2. The molecular weight excluding hydrogens is 198 g/mol. The molecule has 0 aliphatic rings. The Labute approximate surface area is 96.6 Å². The second-order valence-corrected chi connectivity index (χ2v) is 4.61. The van der Waals surface area contributed by atoms with Gasteiger partial charge in [0.2, 0.25) is 0 Å². The number of hydrogen-bond donors (Lipinski definition) is 1. The lowest BCUT2D eigenvalue weighted by Gasteiger charge is -2.05. The van der Waals surface area contributed by atoms with Gasteiger partial charge in [-0.15, -0.1) is 0 Å². The summed E-state index contributed by atoms with van der Waals surface area (Å²) in [6, 6.07) is 8.97. The Morgan fingerprint density at radius 3 is 2.81 bits per heavy atom. The lowest BCUT2D eigenvalue weighted by Crippen LogP contribution is -2.24. The van der Waals surface area contributed by atoms with Gasteiger partial charge >= 0.3 is 0 Å². The van der Waals surface area contributed by atoms with Crippen molar-refractivity contribution in [3.05, 3.63) is 35.6 Å². The fraction of sp³-hybridized carbons (Fsp3) is 0.429. The van der Waals surface area contributed by atoms with Gasteiger partial charge in [-0.2, -0.15) is 0 Å². The summed E-state index contributed by atoms with van der Waals surface area (Å²) in [4.78, 5) is 0. The van der Waals surface area contributed by atoms with E-state index in [2.05, 4.69) is 44.3 Å². The van der Waals surface area contributed by atoms with Crippen molar-refractivity contribution < 1.29 is 4.42 Å². The smallest absolute Gasteiger partial charge is 0.134 e. The topological polar surface area (TPSA) is 25.2 Å². The Morgan fingerprint density at radius 1 is 1.25 bits per heavy atom. The first-order chi connectivity index (χ1) is 7.65. The normalized spacial score (nSPS) is 11.5. The van der Waals surface area contributed by atoms with Crippen LogP contribution in [0.3, 0.4) is 0 Å². The van der Waals surface area contributed by atoms with Gasteiger partial charge in [-0.1, -0.05) is 25.5 Å². The Hall–Kier alpha value is -1.28. The van der Waals surface area contributed by atoms with Crippen LogP contribution < -0.4 is 5.32 Å². The number of hydrogen-bond acceptors (Lipinski definition) is 2. The number of rotatable bonds is 4. The van der Waals surface area contributed by atoms with E-state index in [1.54, 1.807) is 0 Å². The van der Waals surface area contributed by atoms with Gasteiger partial charge in [0.05, 0.1) is 0 Å². The first-order valence-corrected chi connectivity index (χ1v) is 5.87. The summed E-state index contributed by atoms with van der Waals surface area (Å²) in [5.74, 6) is 1.06. The van der Waals surface area contributed by atoms with Crippen molar-refractivity contribution >= 4 is 11.0 Å². The Morgan fingerprint density at radius 2 is 2.06 bits per heavy atom. The second-order valence-electron chi connectivity index (χ2n) is 4.61. The lowest BCUT2D eigenvalue weighted by atomic mass is 10.2. The predicted octanol–water partition coefficient (Wildman–Crippen LogP) is 3.28. The van der Waals surface area contributed by atoms with E-state index in [0.717, 1.165) is 24.3 Å². The molecule has 0 spiro atoms. The fourth-order valence-electron chi connectivity index (χ4n) is 1.83. The zero-order chi connectivity index (χ0) is 11.5. The molecule has 1 heterocycles. The maximum Gasteiger partial charge on any atom is 0.134 e. The van der Waals surface area contributed by atoms with Crippen molar-refractivity contribution in [2.75, 3.05) is 6.54 Å². The van der Waals surface area contributed by atoms with Gasteiger partial charge in [-0.05, 0) is 25.1 Å². The van der Waals surface area contributed by atoms with Crippen LogP contribution in [0.5, 0.6) is 0 Å². The highest BCUT2D eigenvalue weighted by Gasteiger charge is 2.03. The number of aryl methyl sites for hydroxylation is 1. The van der Waals surface area contributed by atoms with E-state index in [9.17, 15) is 0 Å². The number of furan rings is 1. The van der Waals surface area contributed by atoms with E-state index in [0.29, 0.717) is 6.04 Å². The summed E-state index contributed by atoms with van der Waals surface area (Å²) in [5.41, 5.74) is 2.27. The highest BCUT2D eigenvalue weighted by molar-refractivity contribution is 5.78. The number of benzene rings is 1. The van der Waals surface area contributed by atoms with Gasteiger partial charge in [-0.25, -0.2) is 0 Å². The minimum absolute atomic E-state index is 0.534. The van der Waals surface area contributed by atoms with Crippen molar-refractivity contribution in [2.45, 2.75) is 33.2 Å². The van der Waals surface area contributed by atoms with Gasteiger partial charge in [0.15, 0.2) is 0 Å². The van der Waals surface area contributed by atoms with Crippen LogP contribution in [-0.4, -0.2) is 12.6 Å². The first-order valence-electron chi connectivity index (χ1n) is 5.87. The van der Waals surface area contributed by atoms with Crippen LogP contribution in [0.4, 0.5) is 0 Å². The highest BCUT2D eigenvalue weighted by atomic mass is 16.3. The third-order valence-electron chi connectivity index (χ3n) is 2.65. The van der Waals surface area contributed by atoms with Gasteiger partial charge in [-0.3, -0.25) is 0 Å². The fourth-order valence-corrected chi connectivity index (χ4v) is 1.83. The number of fused-ring (bicyclic) bond motifs is 1. The second kappa shape index (κ2) is 4.71. The summed E-state index contributed by atoms with van der Waals surface area (Å²) >= 11 is 0. The molecule has 0 radical (unpaired) electrons. The van der Waals surface area contributed by atoms with E-state index >= 15 is 0 Å². The van der Waals surface area contributed by atoms with Crippen LogP contribution in [0.2, 0.25) is 0 Å². The molecular formula is C14H19NO. The molecule has 0 saturated heterocycles. The molecule has 0 fully saturated rings. The molecule has 0 aliphatic carbocycles. The van der Waals surface area contributed by atoms with Crippen molar-refractivity contribution in [1.29, 1.82) is 0 Å². The molecule has 0 atom stereocenters. The minimum Gasteiger partial charge on any atom is -0.461 e. The molecule has 86 valence electrons. The van der Waals surface area contributed by atoms with E-state index in [4.69, 9.17) is 4.42 Å². The van der Waals surface area contributed by atoms with Crippen LogP contribution in [0, 0.1) is 6.92 Å². The van der Waals surface area contributed by atoms with Crippen LogP contribution in [0.1, 0.15) is 25.2 Å². The number of nitrogens with one attached hydrogen (secondary N) is 1. The van der Waals surface area contributed by atoms with Gasteiger partial charge in [0.25, 0.3) is 0 Å². The summed E-state index contributed by atoms with van der Waals surface area (Å²) in [6.45, 7) is 7.38. The molecule has 0 aliphatic heterocycles. The lowest BCUT2D eigenvalue weighted by molar-refractivity contribution is 0.516. The monoisotopic (exact) mass is 217 g/mol. The summed E-state index contributed by atoms with van der Waals surface area (Å²) in [5, 5.41) is 4.60. The van der Waals surface area contributed by atoms with Crippen LogP contribution >= 0.6 is 0 Å². The molecule has 16 heavy (non-hydrogen) atoms. The third-order valence-corrected chi connectivity index (χ3v) is 2.65. The Bertz CT molecular complexity index is 471. The molecule has 2 rings (SSSR count). The molecule has 0 bridgehead atoms. The molecule has 2 nitrogen and oxygen atoms in total. The average molecular weight is 217 g/mol. The van der Waals surface area contributed by atoms with E-state index in [1.165, 1.54) is 10.9 Å². The molecule has 1 aromatic carbocycles. The van der Waals surface area contributed by atoms with E-state index < -0.39 is 0 Å². The van der Waals surface area contributed by atoms with Crippen molar-refractivity contribution in [2.24, 2.45) is 0 Å². The highest BCUT2D eigenvalue weighted by Crippen LogP contribution is 2.20. The molecule has 1 aromatic heterocycles. The maximum atomic E-state index is 5.76. The van der Waals surface area contributed by atoms with Gasteiger partial charge in [0, 0.05) is 24.4 Å². The Balaban J connectivity index is 2.08. The maximum absolute atomic E-state index is 5.76. The standard InChI is InChI=1S/C14H19NO/c1-10(2)15-7-6-13-9-12-8-11(3)4-5-14(12)16-13/h4-5,8-10,15H,6-7H2,1-3H3. The minimum atomic E-state index is 0.534. The molecule has 0 saturated carbocycles. The molecule has 0 amide bonds. The van der Waals surface area contributed by atoms with Crippen molar-refractivity contribution in [3.63, 3.8) is 0 Å². The van der Waals surface area contributed by atoms with E-state index in [-0.39, 0.29) is 0 Å². The molecule has 2 aromatic rings. The largest absolute Gasteiger partial charge is 0.461 e. The third kappa shape index (κ3) is 2.64. The summed E-state index contributed by atoms with van der Waals surface area (Å²) in [7, 11) is 0. The quantitative estimate of drug-likeness (QED) is 0.850. The predicted molar refractivity (Wildman–Crippen MR) is 67.8 cm³/mol. The van der Waals surface area contributed by atoms with E-state index in [1.807, 2.05) is 6.07 Å².